The topological polar surface area (TPSA) is 78.9 Å². The van der Waals surface area contributed by atoms with Crippen LogP contribution >= 0.6 is 0 Å². The summed E-state index contributed by atoms with van der Waals surface area (Å²) in [6.45, 7) is 6.30. The molecule has 0 aromatic rings. The molecule has 0 N–H and O–H groups in total. The van der Waals surface area contributed by atoms with E-state index in [1.165, 1.54) is 96.3 Å². The van der Waals surface area contributed by atoms with Gasteiger partial charge in [-0.25, -0.2) is 0 Å². The lowest BCUT2D eigenvalue weighted by Gasteiger charge is -2.18. The lowest BCUT2D eigenvalue weighted by Crippen LogP contribution is -2.30. The monoisotopic (exact) mass is 1140 g/mol. The van der Waals surface area contributed by atoms with Gasteiger partial charge in [-0.1, -0.05) is 294 Å². The van der Waals surface area contributed by atoms with Crippen molar-refractivity contribution in [1.82, 2.24) is 0 Å². The van der Waals surface area contributed by atoms with Gasteiger partial charge in [0.05, 0.1) is 6.42 Å². The van der Waals surface area contributed by atoms with E-state index < -0.39 is 12.1 Å². The average Bonchev–Trinajstić information content (AvgIpc) is 3.49. The van der Waals surface area contributed by atoms with E-state index >= 15 is 0 Å². The van der Waals surface area contributed by atoms with Gasteiger partial charge < -0.3 is 14.2 Å². The quantitative estimate of drug-likeness (QED) is 0.0261. The SMILES string of the molecule is CC/C=C\C/C=C\C/C=C\C/C=C\C/C=C\C/C=C\C/C=C\CCCCCCCC(=O)OCC(COC(=O)C/C=C\C/C=C\C/C=C\C/C=C\C/C=C\CC)OC(=O)CCCCCCCCCCCCC/C=C\C/C=C\CCCCCCC. The summed E-state index contributed by atoms with van der Waals surface area (Å²) >= 11 is 0. The second-order valence-corrected chi connectivity index (χ2v) is 21.6. The van der Waals surface area contributed by atoms with Crippen molar-refractivity contribution < 1.29 is 28.6 Å². The zero-order valence-electron chi connectivity index (χ0n) is 53.4. The Hall–Kier alpha value is -5.23. The molecular weight excluding hydrogens is 1020 g/mol. The number of unbranched alkanes of at least 4 members (excludes halogenated alkanes) is 21. The Balaban J connectivity index is 4.49. The van der Waals surface area contributed by atoms with Crippen molar-refractivity contribution in [3.63, 3.8) is 0 Å². The third kappa shape index (κ3) is 67.4. The van der Waals surface area contributed by atoms with E-state index in [1.807, 2.05) is 6.08 Å². The van der Waals surface area contributed by atoms with Gasteiger partial charge in [-0.3, -0.25) is 14.4 Å². The van der Waals surface area contributed by atoms with Crippen LogP contribution in [0.5, 0.6) is 0 Å². The number of carbonyl (C=O) groups excluding carboxylic acids is 3. The zero-order chi connectivity index (χ0) is 59.9. The fraction of sp³-hybridized carbons (Fsp3) is 0.597. The molecule has 0 aliphatic heterocycles. The molecule has 6 nitrogen and oxygen atoms in total. The molecule has 0 aromatic heterocycles. The van der Waals surface area contributed by atoms with Crippen LogP contribution in [0.2, 0.25) is 0 Å². The molecule has 0 aliphatic rings. The van der Waals surface area contributed by atoms with E-state index in [2.05, 4.69) is 179 Å². The fourth-order valence-corrected chi connectivity index (χ4v) is 8.76. The van der Waals surface area contributed by atoms with Gasteiger partial charge in [0.1, 0.15) is 13.2 Å². The van der Waals surface area contributed by atoms with Crippen LogP contribution in [0.4, 0.5) is 0 Å². The molecule has 0 saturated carbocycles. The van der Waals surface area contributed by atoms with Gasteiger partial charge >= 0.3 is 17.9 Å². The number of esters is 3. The van der Waals surface area contributed by atoms with Crippen LogP contribution in [-0.2, 0) is 28.6 Å². The van der Waals surface area contributed by atoms with Crippen molar-refractivity contribution >= 4 is 17.9 Å². The second-order valence-electron chi connectivity index (χ2n) is 21.6. The van der Waals surface area contributed by atoms with E-state index in [0.717, 1.165) is 141 Å². The van der Waals surface area contributed by atoms with Crippen molar-refractivity contribution in [2.75, 3.05) is 13.2 Å². The van der Waals surface area contributed by atoms with Gasteiger partial charge in [0.15, 0.2) is 6.10 Å². The van der Waals surface area contributed by atoms with Crippen molar-refractivity contribution in [3.8, 4) is 0 Å². The first-order valence-electron chi connectivity index (χ1n) is 33.6. The Morgan fingerprint density at radius 1 is 0.265 bits per heavy atom. The molecule has 0 amide bonds. The highest BCUT2D eigenvalue weighted by Gasteiger charge is 2.19. The number of ether oxygens (including phenoxy) is 3. The van der Waals surface area contributed by atoms with E-state index in [9.17, 15) is 14.4 Å². The average molecular weight is 1140 g/mol. The molecular formula is C77H122O6. The largest absolute Gasteiger partial charge is 0.462 e. The second kappa shape index (κ2) is 69.3. The highest BCUT2D eigenvalue weighted by Crippen LogP contribution is 2.15. The molecule has 0 bridgehead atoms. The number of hydrogen-bond donors (Lipinski definition) is 0. The van der Waals surface area contributed by atoms with Gasteiger partial charge in [-0.15, -0.1) is 0 Å². The maximum atomic E-state index is 12.9. The van der Waals surface area contributed by atoms with Crippen molar-refractivity contribution in [2.24, 2.45) is 0 Å². The predicted octanol–water partition coefficient (Wildman–Crippen LogP) is 23.4. The van der Waals surface area contributed by atoms with Crippen LogP contribution < -0.4 is 0 Å². The predicted molar refractivity (Wildman–Crippen MR) is 361 cm³/mol. The minimum Gasteiger partial charge on any atom is -0.462 e. The molecule has 0 heterocycles. The number of allylic oxidation sites excluding steroid dienone is 27. The molecule has 0 spiro atoms. The van der Waals surface area contributed by atoms with Crippen LogP contribution in [0.15, 0.2) is 170 Å². The third-order valence-electron chi connectivity index (χ3n) is 13.7. The first kappa shape index (κ1) is 77.8. The number of rotatable bonds is 59. The van der Waals surface area contributed by atoms with E-state index in [-0.39, 0.29) is 31.6 Å². The molecule has 1 atom stereocenters. The number of carbonyl (C=O) groups is 3. The van der Waals surface area contributed by atoms with Crippen LogP contribution in [0.3, 0.4) is 0 Å². The minimum absolute atomic E-state index is 0.115. The molecule has 0 rings (SSSR count). The number of hydrogen-bond acceptors (Lipinski definition) is 6. The Kier molecular flexibility index (Phi) is 64.9. The molecule has 1 unspecified atom stereocenters. The molecule has 83 heavy (non-hydrogen) atoms. The highest BCUT2D eigenvalue weighted by molar-refractivity contribution is 5.72. The minimum atomic E-state index is -0.838. The lowest BCUT2D eigenvalue weighted by molar-refractivity contribution is -0.166. The molecule has 0 aliphatic carbocycles. The molecule has 0 radical (unpaired) electrons. The fourth-order valence-electron chi connectivity index (χ4n) is 8.76. The van der Waals surface area contributed by atoms with E-state index in [1.54, 1.807) is 6.08 Å². The Morgan fingerprint density at radius 2 is 0.518 bits per heavy atom. The van der Waals surface area contributed by atoms with Crippen LogP contribution in [0.1, 0.15) is 278 Å². The summed E-state index contributed by atoms with van der Waals surface area (Å²) in [5.74, 6) is -1.08. The smallest absolute Gasteiger partial charge is 0.309 e. The standard InChI is InChI=1S/C77H122O6/c1-4-7-10-13-16-19-22-25-28-30-32-34-36-37-38-39-41-42-44-46-49-52-55-58-61-64-67-70-76(79)82-73-74(72-81-75(78)69-66-63-60-57-54-51-48-27-24-21-18-15-12-9-6-3)83-77(80)71-68-65-62-59-56-53-50-47-45-43-40-35-33-31-29-26-23-20-17-14-11-8-5-2/h7,9-10,12,16,18-19,21,23,25-28,31-34,37-38,41-42,46,48-49,54,57,63,66,74H,4-6,8,11,13-15,17,20,22,24,29-30,35-36,39-40,43-45,47,50-53,55-56,58-62,64-65,67-73H2,1-3H3/b10-7-,12-9-,19-16-,21-18-,26-23-,28-25-,33-31-,34-32-,38-37-,42-41-,48-27-,49-46-,57-54-,66-63-. The summed E-state index contributed by atoms with van der Waals surface area (Å²) in [6, 6.07) is 0. The van der Waals surface area contributed by atoms with Gasteiger partial charge in [-0.2, -0.15) is 0 Å². The van der Waals surface area contributed by atoms with E-state index in [0.29, 0.717) is 12.8 Å². The lowest BCUT2D eigenvalue weighted by atomic mass is 10.0. The highest BCUT2D eigenvalue weighted by atomic mass is 16.6. The maximum Gasteiger partial charge on any atom is 0.309 e. The molecule has 466 valence electrons. The summed E-state index contributed by atoms with van der Waals surface area (Å²) in [4.78, 5) is 38.3. The Labute approximate surface area is 511 Å². The molecule has 0 fully saturated rings. The van der Waals surface area contributed by atoms with Gasteiger partial charge in [-0.05, 0) is 135 Å². The summed E-state index contributed by atoms with van der Waals surface area (Å²) in [5, 5.41) is 0. The first-order valence-corrected chi connectivity index (χ1v) is 33.6. The van der Waals surface area contributed by atoms with Crippen molar-refractivity contribution in [2.45, 2.75) is 284 Å². The summed E-state index contributed by atoms with van der Waals surface area (Å²) in [5.41, 5.74) is 0. The van der Waals surface area contributed by atoms with Crippen LogP contribution in [-0.4, -0.2) is 37.2 Å². The van der Waals surface area contributed by atoms with Gasteiger partial charge in [0, 0.05) is 12.8 Å². The summed E-state index contributed by atoms with van der Waals surface area (Å²) < 4.78 is 16.8. The summed E-state index contributed by atoms with van der Waals surface area (Å²) in [6.07, 6.45) is 102. The van der Waals surface area contributed by atoms with Crippen molar-refractivity contribution in [1.29, 1.82) is 0 Å². The van der Waals surface area contributed by atoms with Crippen LogP contribution in [0, 0.1) is 0 Å². The van der Waals surface area contributed by atoms with Crippen molar-refractivity contribution in [3.05, 3.63) is 170 Å². The van der Waals surface area contributed by atoms with Gasteiger partial charge in [0.25, 0.3) is 0 Å². The molecule has 0 saturated heterocycles. The van der Waals surface area contributed by atoms with Gasteiger partial charge in [0.2, 0.25) is 0 Å². The molecule has 0 aromatic carbocycles. The summed E-state index contributed by atoms with van der Waals surface area (Å²) in [7, 11) is 0. The Bertz CT molecular complexity index is 1890. The normalized spacial score (nSPS) is 13.2. The maximum absolute atomic E-state index is 12.9. The zero-order valence-corrected chi connectivity index (χ0v) is 53.4. The third-order valence-corrected chi connectivity index (χ3v) is 13.7. The van der Waals surface area contributed by atoms with E-state index in [4.69, 9.17) is 14.2 Å². The van der Waals surface area contributed by atoms with Crippen LogP contribution in [0.25, 0.3) is 0 Å². The first-order chi connectivity index (χ1) is 41.0. The molecule has 6 heteroatoms. The Morgan fingerprint density at radius 3 is 0.843 bits per heavy atom.